The fourth-order valence-electron chi connectivity index (χ4n) is 3.01. The monoisotopic (exact) mass is 568 g/mol. The molecule has 1 N–H and O–H groups in total. The van der Waals surface area contributed by atoms with Crippen LogP contribution in [0.4, 0.5) is 5.69 Å². The van der Waals surface area contributed by atoms with Crippen LogP contribution in [0.1, 0.15) is 23.6 Å². The number of amides is 1. The molecule has 1 amide bonds. The van der Waals surface area contributed by atoms with Crippen LogP contribution in [-0.2, 0) is 11.4 Å². The van der Waals surface area contributed by atoms with Gasteiger partial charge in [0.2, 0.25) is 0 Å². The van der Waals surface area contributed by atoms with Crippen LogP contribution in [0.5, 0.6) is 11.5 Å². The highest BCUT2D eigenvalue weighted by molar-refractivity contribution is 9.10. The van der Waals surface area contributed by atoms with E-state index in [1.165, 1.54) is 6.08 Å². The topological polar surface area (TPSA) is 71.3 Å². The largest absolute Gasteiger partial charge is 0.490 e. The molecule has 0 aliphatic rings. The maximum absolute atomic E-state index is 12.7. The molecule has 168 valence electrons. The van der Waals surface area contributed by atoms with Crippen LogP contribution in [0.25, 0.3) is 6.08 Å². The number of hydrogen-bond acceptors (Lipinski definition) is 4. The van der Waals surface area contributed by atoms with Gasteiger partial charge in [0.1, 0.15) is 18.2 Å². The van der Waals surface area contributed by atoms with Crippen molar-refractivity contribution in [3.05, 3.63) is 91.9 Å². The predicted octanol–water partition coefficient (Wildman–Crippen LogP) is 7.04. The van der Waals surface area contributed by atoms with Gasteiger partial charge >= 0.3 is 0 Å². The lowest BCUT2D eigenvalue weighted by atomic mass is 10.1. The molecule has 3 aromatic rings. The van der Waals surface area contributed by atoms with Crippen molar-refractivity contribution >= 4 is 49.5 Å². The van der Waals surface area contributed by atoms with Crippen LogP contribution in [0.2, 0.25) is 0 Å². The van der Waals surface area contributed by atoms with Gasteiger partial charge in [0.25, 0.3) is 5.91 Å². The fourth-order valence-corrected chi connectivity index (χ4v) is 3.71. The normalized spacial score (nSPS) is 10.9. The number of carbonyl (C=O) groups excluding carboxylic acids is 1. The summed E-state index contributed by atoms with van der Waals surface area (Å²) in [5, 5.41) is 12.3. The summed E-state index contributed by atoms with van der Waals surface area (Å²) in [6.45, 7) is 4.63. The summed E-state index contributed by atoms with van der Waals surface area (Å²) in [5.74, 6) is 0.607. The number of nitrogens with zero attached hydrogens (tertiary/aromatic N) is 1. The van der Waals surface area contributed by atoms with E-state index in [4.69, 9.17) is 9.47 Å². The Hall–Kier alpha value is -3.08. The SMILES string of the molecule is CCOc1cc(/C=C(\C#N)C(=O)Nc2cccc(C)c2)c(Br)cc1OCc1ccc(Br)cc1. The first-order valence-electron chi connectivity index (χ1n) is 10.2. The van der Waals surface area contributed by atoms with E-state index in [0.717, 1.165) is 15.6 Å². The van der Waals surface area contributed by atoms with Gasteiger partial charge in [-0.25, -0.2) is 0 Å². The first-order valence-corrected chi connectivity index (χ1v) is 11.8. The average molecular weight is 570 g/mol. The first kappa shape index (κ1) is 24.6. The summed E-state index contributed by atoms with van der Waals surface area (Å²) in [5.41, 5.74) is 3.26. The third-order valence-corrected chi connectivity index (χ3v) is 5.83. The second kappa shape index (κ2) is 11.7. The maximum Gasteiger partial charge on any atom is 0.266 e. The van der Waals surface area contributed by atoms with Crippen molar-refractivity contribution in [3.8, 4) is 17.6 Å². The van der Waals surface area contributed by atoms with E-state index in [1.54, 1.807) is 18.2 Å². The van der Waals surface area contributed by atoms with Crippen LogP contribution in [0.15, 0.2) is 75.2 Å². The van der Waals surface area contributed by atoms with Crippen LogP contribution < -0.4 is 14.8 Å². The number of nitrogens with one attached hydrogen (secondary N) is 1. The van der Waals surface area contributed by atoms with Gasteiger partial charge in [-0.15, -0.1) is 0 Å². The zero-order valence-corrected chi connectivity index (χ0v) is 21.4. The summed E-state index contributed by atoms with van der Waals surface area (Å²) in [6, 6.07) is 20.8. The van der Waals surface area contributed by atoms with Crippen LogP contribution in [0, 0.1) is 18.3 Å². The highest BCUT2D eigenvalue weighted by Crippen LogP contribution is 2.35. The summed E-state index contributed by atoms with van der Waals surface area (Å²) >= 11 is 6.95. The number of anilines is 1. The van der Waals surface area contributed by atoms with Gasteiger partial charge in [0, 0.05) is 14.6 Å². The number of nitriles is 1. The lowest BCUT2D eigenvalue weighted by molar-refractivity contribution is -0.112. The summed E-state index contributed by atoms with van der Waals surface area (Å²) in [7, 11) is 0. The Bertz CT molecular complexity index is 1220. The Morgan fingerprint density at radius 2 is 1.79 bits per heavy atom. The molecule has 0 heterocycles. The molecule has 0 unspecified atom stereocenters. The molecule has 7 heteroatoms. The van der Waals surface area contributed by atoms with E-state index < -0.39 is 5.91 Å². The summed E-state index contributed by atoms with van der Waals surface area (Å²) < 4.78 is 13.4. The minimum atomic E-state index is -0.483. The van der Waals surface area contributed by atoms with Gasteiger partial charge in [-0.05, 0) is 73.0 Å². The van der Waals surface area contributed by atoms with Gasteiger partial charge in [-0.2, -0.15) is 5.26 Å². The lowest BCUT2D eigenvalue weighted by Gasteiger charge is -2.14. The number of aryl methyl sites for hydroxylation is 1. The van der Waals surface area contributed by atoms with Crippen molar-refractivity contribution in [1.29, 1.82) is 5.26 Å². The van der Waals surface area contributed by atoms with Gasteiger partial charge in [-0.1, -0.05) is 56.1 Å². The smallest absolute Gasteiger partial charge is 0.266 e. The van der Waals surface area contributed by atoms with E-state index in [-0.39, 0.29) is 5.57 Å². The molecule has 3 rings (SSSR count). The number of carbonyl (C=O) groups is 1. The second-order valence-electron chi connectivity index (χ2n) is 7.16. The van der Waals surface area contributed by atoms with Gasteiger partial charge < -0.3 is 14.8 Å². The van der Waals surface area contributed by atoms with Gasteiger partial charge in [0.05, 0.1) is 6.61 Å². The first-order chi connectivity index (χ1) is 15.9. The van der Waals surface area contributed by atoms with Crippen molar-refractivity contribution in [2.24, 2.45) is 0 Å². The lowest BCUT2D eigenvalue weighted by Crippen LogP contribution is -2.13. The van der Waals surface area contributed by atoms with Crippen LogP contribution in [-0.4, -0.2) is 12.5 Å². The summed E-state index contributed by atoms with van der Waals surface area (Å²) in [4.78, 5) is 12.7. The molecule has 0 aliphatic heterocycles. The number of ether oxygens (including phenoxy) is 2. The molecule has 3 aromatic carbocycles. The van der Waals surface area contributed by atoms with E-state index in [9.17, 15) is 10.1 Å². The molecule has 5 nitrogen and oxygen atoms in total. The molecule has 33 heavy (non-hydrogen) atoms. The Balaban J connectivity index is 1.84. The van der Waals surface area contributed by atoms with E-state index in [1.807, 2.05) is 62.4 Å². The Labute approximate surface area is 210 Å². The predicted molar refractivity (Wildman–Crippen MR) is 137 cm³/mol. The molecule has 0 bridgehead atoms. The van der Waals surface area contributed by atoms with E-state index in [2.05, 4.69) is 37.2 Å². The van der Waals surface area contributed by atoms with Crippen molar-refractivity contribution in [3.63, 3.8) is 0 Å². The molecular weight excluding hydrogens is 548 g/mol. The Morgan fingerprint density at radius 3 is 2.45 bits per heavy atom. The van der Waals surface area contributed by atoms with Crippen molar-refractivity contribution < 1.29 is 14.3 Å². The Kier molecular flexibility index (Phi) is 8.70. The zero-order valence-electron chi connectivity index (χ0n) is 18.2. The third-order valence-electron chi connectivity index (χ3n) is 4.61. The molecular formula is C26H22Br2N2O3. The molecule has 0 atom stereocenters. The molecule has 0 saturated carbocycles. The van der Waals surface area contributed by atoms with E-state index in [0.29, 0.717) is 40.4 Å². The fraction of sp³-hybridized carbons (Fsp3) is 0.154. The van der Waals surface area contributed by atoms with E-state index >= 15 is 0 Å². The summed E-state index contributed by atoms with van der Waals surface area (Å²) in [6.07, 6.45) is 1.52. The Morgan fingerprint density at radius 1 is 1.06 bits per heavy atom. The average Bonchev–Trinajstić information content (AvgIpc) is 2.79. The van der Waals surface area contributed by atoms with Crippen LogP contribution in [0.3, 0.4) is 0 Å². The standard InChI is InChI=1S/C26H22Br2N2O3/c1-3-32-24-13-19(12-20(15-29)26(31)30-22-6-4-5-17(2)11-22)23(28)14-25(24)33-16-18-7-9-21(27)10-8-18/h4-14H,3,16H2,1-2H3,(H,30,31)/b20-12+. The minimum Gasteiger partial charge on any atom is -0.490 e. The highest BCUT2D eigenvalue weighted by Gasteiger charge is 2.14. The molecule has 0 aromatic heterocycles. The molecule has 0 radical (unpaired) electrons. The molecule has 0 aliphatic carbocycles. The van der Waals surface area contributed by atoms with Crippen molar-refractivity contribution in [1.82, 2.24) is 0 Å². The molecule has 0 saturated heterocycles. The minimum absolute atomic E-state index is 0.0248. The second-order valence-corrected chi connectivity index (χ2v) is 8.93. The van der Waals surface area contributed by atoms with Gasteiger partial charge in [-0.3, -0.25) is 4.79 Å². The van der Waals surface area contributed by atoms with Crippen molar-refractivity contribution in [2.45, 2.75) is 20.5 Å². The number of rotatable bonds is 8. The number of benzene rings is 3. The van der Waals surface area contributed by atoms with Gasteiger partial charge in [0.15, 0.2) is 11.5 Å². The van der Waals surface area contributed by atoms with Crippen LogP contribution >= 0.6 is 31.9 Å². The molecule has 0 fully saturated rings. The molecule has 0 spiro atoms. The third kappa shape index (κ3) is 6.95. The maximum atomic E-state index is 12.7. The quantitative estimate of drug-likeness (QED) is 0.233. The number of hydrogen-bond donors (Lipinski definition) is 1. The highest BCUT2D eigenvalue weighted by atomic mass is 79.9. The number of halogens is 2. The zero-order chi connectivity index (χ0) is 23.8. The van der Waals surface area contributed by atoms with Crippen molar-refractivity contribution in [2.75, 3.05) is 11.9 Å².